The number of alkyl halides is 3. The number of carbonyl (C=O) groups excluding carboxylic acids is 1. The molecule has 156 valence electrons. The Morgan fingerprint density at radius 3 is 2.72 bits per heavy atom. The van der Waals surface area contributed by atoms with Crippen molar-refractivity contribution >= 4 is 34.7 Å². The highest BCUT2D eigenvalue weighted by Gasteiger charge is 2.33. The zero-order chi connectivity index (χ0) is 20.6. The van der Waals surface area contributed by atoms with E-state index in [4.69, 9.17) is 11.6 Å². The second-order valence-corrected chi connectivity index (χ2v) is 9.00. The highest BCUT2D eigenvalue weighted by molar-refractivity contribution is 7.10. The predicted octanol–water partition coefficient (Wildman–Crippen LogP) is 5.01. The number of rotatable bonds is 3. The van der Waals surface area contributed by atoms with E-state index >= 15 is 0 Å². The van der Waals surface area contributed by atoms with Crippen LogP contribution in [0.15, 0.2) is 23.7 Å². The van der Waals surface area contributed by atoms with E-state index < -0.39 is 11.7 Å². The number of fused-ring (bicyclic) bond motifs is 1. The second-order valence-electron chi connectivity index (χ2n) is 7.60. The van der Waals surface area contributed by atoms with Gasteiger partial charge in [0.2, 0.25) is 5.91 Å². The van der Waals surface area contributed by atoms with E-state index in [0.717, 1.165) is 38.1 Å². The Balaban J connectivity index is 1.31. The van der Waals surface area contributed by atoms with Crippen molar-refractivity contribution in [3.8, 4) is 0 Å². The van der Waals surface area contributed by atoms with E-state index in [2.05, 4.69) is 16.4 Å². The molecule has 0 spiro atoms. The van der Waals surface area contributed by atoms with Gasteiger partial charge in [-0.3, -0.25) is 4.79 Å². The molecule has 1 fully saturated rings. The fourth-order valence-corrected chi connectivity index (χ4v) is 5.18. The summed E-state index contributed by atoms with van der Waals surface area (Å²) in [5.74, 6) is 0.840. The summed E-state index contributed by atoms with van der Waals surface area (Å²) in [6.45, 7) is 2.73. The predicted molar refractivity (Wildman–Crippen MR) is 107 cm³/mol. The Bertz CT molecular complexity index is 893. The molecule has 0 atom stereocenters. The summed E-state index contributed by atoms with van der Waals surface area (Å²) in [6.07, 6.45) is -0.603. The third kappa shape index (κ3) is 4.53. The summed E-state index contributed by atoms with van der Waals surface area (Å²) in [7, 11) is 0. The number of amides is 1. The van der Waals surface area contributed by atoms with Crippen LogP contribution in [-0.2, 0) is 23.9 Å². The molecule has 1 amide bonds. The number of aromatic nitrogens is 1. The number of hydrogen-bond donors (Lipinski definition) is 0. The molecule has 2 aliphatic heterocycles. The van der Waals surface area contributed by atoms with Crippen LogP contribution < -0.4 is 4.90 Å². The van der Waals surface area contributed by atoms with Crippen LogP contribution in [0.4, 0.5) is 19.0 Å². The molecule has 2 aromatic rings. The van der Waals surface area contributed by atoms with Crippen molar-refractivity contribution in [1.29, 1.82) is 0 Å². The van der Waals surface area contributed by atoms with E-state index in [0.29, 0.717) is 31.9 Å². The molecule has 2 aliphatic rings. The van der Waals surface area contributed by atoms with Crippen LogP contribution in [0, 0.1) is 5.92 Å². The van der Waals surface area contributed by atoms with Crippen molar-refractivity contribution in [3.63, 3.8) is 0 Å². The number of piperidine rings is 1. The standard InChI is InChI=1S/C20H21ClF3N3OS/c21-16-10-15(20(22,23)24)11-25-19(16)26-5-1-13(2-6-26)9-18(28)27-7-3-17-14(12-27)4-8-29-17/h4,8,10-11,13H,1-3,5-7,9,12H2. The summed E-state index contributed by atoms with van der Waals surface area (Å²) >= 11 is 7.81. The van der Waals surface area contributed by atoms with Gasteiger partial charge in [0.25, 0.3) is 0 Å². The maximum atomic E-state index is 12.8. The van der Waals surface area contributed by atoms with E-state index in [1.807, 2.05) is 9.80 Å². The molecule has 2 aromatic heterocycles. The first-order valence-electron chi connectivity index (χ1n) is 9.62. The molecule has 0 saturated carbocycles. The number of thiophene rings is 1. The lowest BCUT2D eigenvalue weighted by Crippen LogP contribution is -2.39. The molecule has 0 aliphatic carbocycles. The van der Waals surface area contributed by atoms with Gasteiger partial charge in [-0.2, -0.15) is 13.2 Å². The molecule has 0 unspecified atom stereocenters. The van der Waals surface area contributed by atoms with Crippen molar-refractivity contribution in [2.24, 2.45) is 5.92 Å². The van der Waals surface area contributed by atoms with E-state index in [-0.39, 0.29) is 16.8 Å². The molecule has 0 aromatic carbocycles. The number of pyridine rings is 1. The van der Waals surface area contributed by atoms with Crippen LogP contribution in [0.25, 0.3) is 0 Å². The zero-order valence-corrected chi connectivity index (χ0v) is 17.3. The summed E-state index contributed by atoms with van der Waals surface area (Å²) in [5.41, 5.74) is 0.412. The van der Waals surface area contributed by atoms with Gasteiger partial charge in [-0.05, 0) is 48.3 Å². The van der Waals surface area contributed by atoms with Crippen LogP contribution in [-0.4, -0.2) is 35.4 Å². The van der Waals surface area contributed by atoms with Gasteiger partial charge in [-0.15, -0.1) is 11.3 Å². The molecule has 0 bridgehead atoms. The summed E-state index contributed by atoms with van der Waals surface area (Å²) in [6, 6.07) is 3.02. The number of hydrogen-bond acceptors (Lipinski definition) is 4. The van der Waals surface area contributed by atoms with Crippen LogP contribution in [0.3, 0.4) is 0 Å². The molecule has 4 nitrogen and oxygen atoms in total. The maximum absolute atomic E-state index is 12.8. The van der Waals surface area contributed by atoms with Gasteiger partial charge in [-0.1, -0.05) is 11.6 Å². The Morgan fingerprint density at radius 2 is 2.03 bits per heavy atom. The third-order valence-electron chi connectivity index (χ3n) is 5.69. The first kappa shape index (κ1) is 20.5. The lowest BCUT2D eigenvalue weighted by atomic mass is 9.92. The highest BCUT2D eigenvalue weighted by Crippen LogP contribution is 2.35. The van der Waals surface area contributed by atoms with Crippen LogP contribution >= 0.6 is 22.9 Å². The average Bonchev–Trinajstić information content (AvgIpc) is 3.16. The summed E-state index contributed by atoms with van der Waals surface area (Å²) in [4.78, 5) is 21.9. The number of carbonyl (C=O) groups is 1. The number of halogens is 4. The smallest absolute Gasteiger partial charge is 0.355 e. The molecule has 9 heteroatoms. The fraction of sp³-hybridized carbons (Fsp3) is 0.500. The van der Waals surface area contributed by atoms with Crippen LogP contribution in [0.1, 0.15) is 35.3 Å². The third-order valence-corrected chi connectivity index (χ3v) is 6.99. The second kappa shape index (κ2) is 8.14. The Morgan fingerprint density at radius 1 is 1.28 bits per heavy atom. The Labute approximate surface area is 176 Å². The van der Waals surface area contributed by atoms with Gasteiger partial charge in [0.15, 0.2) is 0 Å². The first-order chi connectivity index (χ1) is 13.8. The van der Waals surface area contributed by atoms with Gasteiger partial charge in [0, 0.05) is 43.7 Å². The zero-order valence-electron chi connectivity index (χ0n) is 15.7. The number of anilines is 1. The molecular weight excluding hydrogens is 423 g/mol. The SMILES string of the molecule is O=C(CC1CCN(c2ncc(C(F)(F)F)cc2Cl)CC1)N1CCc2sccc2C1. The molecule has 4 heterocycles. The first-order valence-corrected chi connectivity index (χ1v) is 10.9. The fourth-order valence-electron chi connectivity index (χ4n) is 4.00. The van der Waals surface area contributed by atoms with Crippen molar-refractivity contribution < 1.29 is 18.0 Å². The monoisotopic (exact) mass is 443 g/mol. The van der Waals surface area contributed by atoms with Crippen molar-refractivity contribution in [2.75, 3.05) is 24.5 Å². The molecule has 4 rings (SSSR count). The lowest BCUT2D eigenvalue weighted by molar-refractivity contribution is -0.137. The summed E-state index contributed by atoms with van der Waals surface area (Å²) < 4.78 is 38.4. The van der Waals surface area contributed by atoms with Gasteiger partial charge >= 0.3 is 6.18 Å². The molecule has 29 heavy (non-hydrogen) atoms. The van der Waals surface area contributed by atoms with Gasteiger partial charge < -0.3 is 9.80 Å². The largest absolute Gasteiger partial charge is 0.417 e. The number of nitrogens with zero attached hydrogens (tertiary/aromatic N) is 3. The maximum Gasteiger partial charge on any atom is 0.417 e. The normalized spacial score (nSPS) is 18.1. The molecule has 1 saturated heterocycles. The van der Waals surface area contributed by atoms with Crippen LogP contribution in [0.5, 0.6) is 0 Å². The van der Waals surface area contributed by atoms with Gasteiger partial charge in [-0.25, -0.2) is 4.98 Å². The molecular formula is C20H21ClF3N3OS. The topological polar surface area (TPSA) is 36.4 Å². The van der Waals surface area contributed by atoms with E-state index in [1.165, 1.54) is 10.4 Å². The summed E-state index contributed by atoms with van der Waals surface area (Å²) in [5, 5.41) is 2.09. The quantitative estimate of drug-likeness (QED) is 0.669. The van der Waals surface area contributed by atoms with E-state index in [9.17, 15) is 18.0 Å². The minimum absolute atomic E-state index is 0.00855. The minimum Gasteiger partial charge on any atom is -0.355 e. The Hall–Kier alpha value is -1.80. The van der Waals surface area contributed by atoms with E-state index in [1.54, 1.807) is 11.3 Å². The van der Waals surface area contributed by atoms with Gasteiger partial charge in [0.05, 0.1) is 10.6 Å². The lowest BCUT2D eigenvalue weighted by Gasteiger charge is -2.34. The van der Waals surface area contributed by atoms with Crippen molar-refractivity contribution in [3.05, 3.63) is 44.7 Å². The highest BCUT2D eigenvalue weighted by atomic mass is 35.5. The average molecular weight is 444 g/mol. The van der Waals surface area contributed by atoms with Crippen LogP contribution in [0.2, 0.25) is 5.02 Å². The van der Waals surface area contributed by atoms with Crippen molar-refractivity contribution in [1.82, 2.24) is 9.88 Å². The molecule has 0 radical (unpaired) electrons. The molecule has 0 N–H and O–H groups in total. The minimum atomic E-state index is -4.46. The van der Waals surface area contributed by atoms with Gasteiger partial charge in [0.1, 0.15) is 5.82 Å². The Kier molecular flexibility index (Phi) is 5.75. The van der Waals surface area contributed by atoms with Crippen molar-refractivity contribution in [2.45, 2.75) is 38.4 Å².